The average Bonchev–Trinajstić information content (AvgIpc) is 3.31. The Hall–Kier alpha value is -1.55. The molecule has 2 aliphatic rings. The van der Waals surface area contributed by atoms with Crippen LogP contribution in [0.3, 0.4) is 0 Å². The topological polar surface area (TPSA) is 18.5 Å². The minimum Gasteiger partial charge on any atom is -0.374 e. The smallest absolute Gasteiger partial charge is 0.169 e. The van der Waals surface area contributed by atoms with Crippen LogP contribution in [0.1, 0.15) is 18.4 Å². The summed E-state index contributed by atoms with van der Waals surface area (Å²) in [5, 5.41) is 4.36. The van der Waals surface area contributed by atoms with Crippen LogP contribution in [0.5, 0.6) is 0 Å². The van der Waals surface area contributed by atoms with Crippen LogP contribution in [-0.4, -0.2) is 47.1 Å². The van der Waals surface area contributed by atoms with Crippen molar-refractivity contribution in [2.75, 3.05) is 26.2 Å². The zero-order valence-corrected chi connectivity index (χ0v) is 12.5. The van der Waals surface area contributed by atoms with Crippen LogP contribution < -0.4 is 5.32 Å². The maximum Gasteiger partial charge on any atom is 0.169 e. The molecule has 3 nitrogen and oxygen atoms in total. The standard InChI is InChI=1S/C16H21N3S/c20-16(17-15-6-7-15)19-12-10-18(11-13-19)9-8-14-4-2-1-3-5-14/h1-5,8-9,15H,6-7,10-13H2,(H,17,20)/b9-8+. The molecule has 0 amide bonds. The van der Waals surface area contributed by atoms with Gasteiger partial charge in [0.1, 0.15) is 0 Å². The molecule has 2 fully saturated rings. The number of nitrogens with zero attached hydrogens (tertiary/aromatic N) is 2. The first-order valence-electron chi connectivity index (χ1n) is 7.34. The first-order chi connectivity index (χ1) is 9.81. The van der Waals surface area contributed by atoms with Gasteiger partial charge in [0.25, 0.3) is 0 Å². The monoisotopic (exact) mass is 287 g/mol. The summed E-state index contributed by atoms with van der Waals surface area (Å²) < 4.78 is 0. The van der Waals surface area contributed by atoms with Gasteiger partial charge in [-0.15, -0.1) is 0 Å². The fraction of sp³-hybridized carbons (Fsp3) is 0.438. The molecule has 1 heterocycles. The molecule has 1 saturated heterocycles. The SMILES string of the molecule is S=C(NC1CC1)N1CCN(/C=C/c2ccccc2)CC1. The van der Waals surface area contributed by atoms with Crippen LogP contribution in [-0.2, 0) is 0 Å². The molecular formula is C16H21N3S. The van der Waals surface area contributed by atoms with Crippen LogP contribution in [0, 0.1) is 0 Å². The Morgan fingerprint density at radius 3 is 2.45 bits per heavy atom. The summed E-state index contributed by atoms with van der Waals surface area (Å²) >= 11 is 5.45. The zero-order chi connectivity index (χ0) is 13.8. The summed E-state index contributed by atoms with van der Waals surface area (Å²) in [4.78, 5) is 4.66. The van der Waals surface area contributed by atoms with E-state index in [9.17, 15) is 0 Å². The molecule has 0 spiro atoms. The van der Waals surface area contributed by atoms with E-state index in [0.717, 1.165) is 31.3 Å². The summed E-state index contributed by atoms with van der Waals surface area (Å²) in [6.45, 7) is 4.10. The fourth-order valence-electron chi connectivity index (χ4n) is 2.32. The van der Waals surface area contributed by atoms with Crippen molar-refractivity contribution >= 4 is 23.4 Å². The highest BCUT2D eigenvalue weighted by atomic mass is 32.1. The van der Waals surface area contributed by atoms with Gasteiger partial charge in [-0.05, 0) is 42.9 Å². The molecule has 0 aromatic heterocycles. The third-order valence-corrected chi connectivity index (χ3v) is 4.16. The number of hydrogen-bond acceptors (Lipinski definition) is 2. The van der Waals surface area contributed by atoms with Gasteiger partial charge in [0.05, 0.1) is 0 Å². The van der Waals surface area contributed by atoms with Crippen molar-refractivity contribution in [1.29, 1.82) is 0 Å². The molecule has 1 aliphatic heterocycles. The highest BCUT2D eigenvalue weighted by Gasteiger charge is 2.25. The molecule has 20 heavy (non-hydrogen) atoms. The first-order valence-corrected chi connectivity index (χ1v) is 7.75. The Morgan fingerprint density at radius 2 is 1.80 bits per heavy atom. The second-order valence-electron chi connectivity index (χ2n) is 5.47. The van der Waals surface area contributed by atoms with Gasteiger partial charge in [-0.25, -0.2) is 0 Å². The molecule has 0 unspecified atom stereocenters. The Labute approximate surface area is 126 Å². The lowest BCUT2D eigenvalue weighted by Gasteiger charge is -2.35. The molecule has 4 heteroatoms. The van der Waals surface area contributed by atoms with Crippen LogP contribution in [0.4, 0.5) is 0 Å². The minimum absolute atomic E-state index is 0.651. The van der Waals surface area contributed by atoms with E-state index in [2.05, 4.69) is 51.7 Å². The van der Waals surface area contributed by atoms with Gasteiger partial charge in [0.15, 0.2) is 5.11 Å². The first kappa shape index (κ1) is 13.4. The molecule has 1 aromatic rings. The Morgan fingerprint density at radius 1 is 1.10 bits per heavy atom. The Bertz CT molecular complexity index is 474. The largest absolute Gasteiger partial charge is 0.374 e. The van der Waals surface area contributed by atoms with Crippen molar-refractivity contribution in [2.24, 2.45) is 0 Å². The third kappa shape index (κ3) is 3.73. The highest BCUT2D eigenvalue weighted by molar-refractivity contribution is 7.80. The van der Waals surface area contributed by atoms with Crippen LogP contribution in [0.2, 0.25) is 0 Å². The predicted octanol–water partition coefficient (Wildman–Crippen LogP) is 2.31. The van der Waals surface area contributed by atoms with E-state index in [1.165, 1.54) is 18.4 Å². The van der Waals surface area contributed by atoms with Crippen LogP contribution in [0.15, 0.2) is 36.5 Å². The maximum absolute atomic E-state index is 5.45. The maximum atomic E-state index is 5.45. The molecule has 0 bridgehead atoms. The van der Waals surface area contributed by atoms with E-state index in [-0.39, 0.29) is 0 Å². The molecule has 1 aliphatic carbocycles. The molecule has 1 N–H and O–H groups in total. The molecule has 0 radical (unpaired) electrons. The van der Waals surface area contributed by atoms with Gasteiger partial charge in [-0.1, -0.05) is 30.3 Å². The number of thiocarbonyl (C=S) groups is 1. The number of benzene rings is 1. The molecule has 0 atom stereocenters. The van der Waals surface area contributed by atoms with E-state index < -0.39 is 0 Å². The van der Waals surface area contributed by atoms with Crippen molar-refractivity contribution in [1.82, 2.24) is 15.1 Å². The fourth-order valence-corrected chi connectivity index (χ4v) is 2.67. The van der Waals surface area contributed by atoms with Crippen molar-refractivity contribution < 1.29 is 0 Å². The van der Waals surface area contributed by atoms with E-state index in [4.69, 9.17) is 12.2 Å². The van der Waals surface area contributed by atoms with Crippen molar-refractivity contribution in [3.8, 4) is 0 Å². The van der Waals surface area contributed by atoms with Gasteiger partial charge in [-0.2, -0.15) is 0 Å². The van der Waals surface area contributed by atoms with E-state index in [1.54, 1.807) is 0 Å². The van der Waals surface area contributed by atoms with Crippen molar-refractivity contribution in [3.63, 3.8) is 0 Å². The summed E-state index contributed by atoms with van der Waals surface area (Å²) in [7, 11) is 0. The van der Waals surface area contributed by atoms with Crippen LogP contribution in [0.25, 0.3) is 6.08 Å². The van der Waals surface area contributed by atoms with Crippen LogP contribution >= 0.6 is 12.2 Å². The number of nitrogens with one attached hydrogen (secondary N) is 1. The summed E-state index contributed by atoms with van der Waals surface area (Å²) in [5.74, 6) is 0. The molecule has 1 aromatic carbocycles. The molecular weight excluding hydrogens is 266 g/mol. The minimum atomic E-state index is 0.651. The van der Waals surface area contributed by atoms with Gasteiger partial charge in [0, 0.05) is 32.2 Å². The van der Waals surface area contributed by atoms with E-state index >= 15 is 0 Å². The number of rotatable bonds is 3. The zero-order valence-electron chi connectivity index (χ0n) is 11.7. The lowest BCUT2D eigenvalue weighted by atomic mass is 10.2. The molecule has 3 rings (SSSR count). The van der Waals surface area contributed by atoms with Gasteiger partial charge < -0.3 is 15.1 Å². The van der Waals surface area contributed by atoms with Crippen molar-refractivity contribution in [3.05, 3.63) is 42.1 Å². The average molecular weight is 287 g/mol. The Balaban J connectivity index is 1.46. The third-order valence-electron chi connectivity index (χ3n) is 3.78. The second-order valence-corrected chi connectivity index (χ2v) is 5.86. The number of hydrogen-bond donors (Lipinski definition) is 1. The normalized spacial score (nSPS) is 19.4. The number of piperazine rings is 1. The van der Waals surface area contributed by atoms with E-state index in [1.807, 2.05) is 6.07 Å². The predicted molar refractivity (Wildman–Crippen MR) is 87.4 cm³/mol. The molecule has 1 saturated carbocycles. The molecule has 106 valence electrons. The van der Waals surface area contributed by atoms with Gasteiger partial charge in [-0.3, -0.25) is 0 Å². The summed E-state index contributed by atoms with van der Waals surface area (Å²) in [6.07, 6.45) is 6.93. The van der Waals surface area contributed by atoms with E-state index in [0.29, 0.717) is 6.04 Å². The van der Waals surface area contributed by atoms with Gasteiger partial charge in [0.2, 0.25) is 0 Å². The lowest BCUT2D eigenvalue weighted by molar-refractivity contribution is 0.236. The van der Waals surface area contributed by atoms with Gasteiger partial charge >= 0.3 is 0 Å². The van der Waals surface area contributed by atoms with Crippen molar-refractivity contribution in [2.45, 2.75) is 18.9 Å². The quantitative estimate of drug-likeness (QED) is 0.860. The highest BCUT2D eigenvalue weighted by Crippen LogP contribution is 2.19. The Kier molecular flexibility index (Phi) is 4.21. The second kappa shape index (κ2) is 6.27. The lowest BCUT2D eigenvalue weighted by Crippen LogP contribution is -2.50. The summed E-state index contributed by atoms with van der Waals surface area (Å²) in [5.41, 5.74) is 1.25. The summed E-state index contributed by atoms with van der Waals surface area (Å²) in [6, 6.07) is 11.1.